The molecule has 1 aliphatic carbocycles. The van der Waals surface area contributed by atoms with E-state index < -0.39 is 11.4 Å². The standard InChI is InChI=1S/C18H24N2O4/c1-17(2)11-24-14-9-12(15(21)19-23)5-6-13(14)10-20(17)16(22)18(3)7-4-8-18/h5-6,9,23H,4,7-8,10-11H2,1-3H3,(H,19,21). The summed E-state index contributed by atoms with van der Waals surface area (Å²) < 4.78 is 5.89. The molecule has 0 atom stereocenters. The van der Waals surface area contributed by atoms with Crippen molar-refractivity contribution in [3.63, 3.8) is 0 Å². The van der Waals surface area contributed by atoms with Crippen molar-refractivity contribution in [2.24, 2.45) is 5.41 Å². The lowest BCUT2D eigenvalue weighted by Gasteiger charge is -2.45. The van der Waals surface area contributed by atoms with Crippen LogP contribution in [0.15, 0.2) is 18.2 Å². The van der Waals surface area contributed by atoms with Crippen LogP contribution in [0.2, 0.25) is 0 Å². The summed E-state index contributed by atoms with van der Waals surface area (Å²) in [4.78, 5) is 26.6. The van der Waals surface area contributed by atoms with Crippen LogP contribution < -0.4 is 10.2 Å². The Morgan fingerprint density at radius 2 is 1.96 bits per heavy atom. The lowest BCUT2D eigenvalue weighted by molar-refractivity contribution is -0.153. The molecule has 0 spiro atoms. The molecule has 0 unspecified atom stereocenters. The Labute approximate surface area is 141 Å². The maximum absolute atomic E-state index is 13.1. The number of rotatable bonds is 2. The fourth-order valence-corrected chi connectivity index (χ4v) is 3.34. The molecule has 6 heteroatoms. The van der Waals surface area contributed by atoms with Gasteiger partial charge >= 0.3 is 0 Å². The monoisotopic (exact) mass is 332 g/mol. The van der Waals surface area contributed by atoms with E-state index in [0.717, 1.165) is 24.8 Å². The molecule has 1 aromatic rings. The summed E-state index contributed by atoms with van der Waals surface area (Å²) >= 11 is 0. The minimum atomic E-state index is -0.584. The zero-order chi connectivity index (χ0) is 17.5. The number of ether oxygens (including phenoxy) is 1. The first-order valence-electron chi connectivity index (χ1n) is 8.29. The largest absolute Gasteiger partial charge is 0.491 e. The molecule has 6 nitrogen and oxygen atoms in total. The highest BCUT2D eigenvalue weighted by Crippen LogP contribution is 2.44. The molecule has 0 saturated heterocycles. The van der Waals surface area contributed by atoms with Crippen LogP contribution in [0, 0.1) is 5.41 Å². The van der Waals surface area contributed by atoms with Gasteiger partial charge in [0.25, 0.3) is 5.91 Å². The van der Waals surface area contributed by atoms with Crippen molar-refractivity contribution in [1.29, 1.82) is 0 Å². The number of hydrogen-bond acceptors (Lipinski definition) is 4. The minimum absolute atomic E-state index is 0.173. The van der Waals surface area contributed by atoms with E-state index in [1.54, 1.807) is 23.7 Å². The predicted molar refractivity (Wildman–Crippen MR) is 87.8 cm³/mol. The molecule has 1 heterocycles. The van der Waals surface area contributed by atoms with E-state index in [1.807, 2.05) is 25.7 Å². The smallest absolute Gasteiger partial charge is 0.274 e. The highest BCUT2D eigenvalue weighted by Gasteiger charge is 2.46. The van der Waals surface area contributed by atoms with Crippen molar-refractivity contribution >= 4 is 11.8 Å². The second-order valence-electron chi connectivity index (χ2n) is 7.67. The normalized spacial score (nSPS) is 20.9. The van der Waals surface area contributed by atoms with Gasteiger partial charge in [0.2, 0.25) is 5.91 Å². The number of amides is 2. The van der Waals surface area contributed by atoms with E-state index in [9.17, 15) is 9.59 Å². The molecular formula is C18H24N2O4. The summed E-state index contributed by atoms with van der Waals surface area (Å²) in [6.07, 6.45) is 2.96. The number of carbonyl (C=O) groups is 2. The summed E-state index contributed by atoms with van der Waals surface area (Å²) in [6.45, 7) is 6.85. The van der Waals surface area contributed by atoms with Gasteiger partial charge in [0.1, 0.15) is 12.4 Å². The first kappa shape index (κ1) is 16.8. The number of nitrogens with one attached hydrogen (secondary N) is 1. The molecular weight excluding hydrogens is 308 g/mol. The van der Waals surface area contributed by atoms with Gasteiger partial charge in [-0.2, -0.15) is 0 Å². The maximum atomic E-state index is 13.1. The van der Waals surface area contributed by atoms with Gasteiger partial charge in [-0.15, -0.1) is 0 Å². The zero-order valence-electron chi connectivity index (χ0n) is 14.4. The van der Waals surface area contributed by atoms with Crippen molar-refractivity contribution < 1.29 is 19.5 Å². The lowest BCUT2D eigenvalue weighted by atomic mass is 9.69. The van der Waals surface area contributed by atoms with Crippen molar-refractivity contribution in [3.8, 4) is 5.75 Å². The second kappa shape index (κ2) is 5.77. The number of carbonyl (C=O) groups excluding carboxylic acids is 2. The molecule has 0 bridgehead atoms. The van der Waals surface area contributed by atoms with Crippen LogP contribution in [0.4, 0.5) is 0 Å². The van der Waals surface area contributed by atoms with Gasteiger partial charge in [-0.3, -0.25) is 14.8 Å². The number of hydrogen-bond donors (Lipinski definition) is 2. The number of fused-ring (bicyclic) bond motifs is 1. The average molecular weight is 332 g/mol. The van der Waals surface area contributed by atoms with Crippen LogP contribution in [0.25, 0.3) is 0 Å². The quantitative estimate of drug-likeness (QED) is 0.644. The third kappa shape index (κ3) is 2.75. The summed E-state index contributed by atoms with van der Waals surface area (Å²) in [5.41, 5.74) is 2.11. The molecule has 1 fully saturated rings. The third-order valence-electron chi connectivity index (χ3n) is 5.29. The van der Waals surface area contributed by atoms with Crippen LogP contribution in [-0.4, -0.2) is 34.1 Å². The van der Waals surface area contributed by atoms with Crippen LogP contribution in [0.3, 0.4) is 0 Å². The van der Waals surface area contributed by atoms with Crippen molar-refractivity contribution in [3.05, 3.63) is 29.3 Å². The van der Waals surface area contributed by atoms with Crippen molar-refractivity contribution in [2.45, 2.75) is 52.1 Å². The second-order valence-corrected chi connectivity index (χ2v) is 7.67. The van der Waals surface area contributed by atoms with Crippen LogP contribution in [-0.2, 0) is 11.3 Å². The molecule has 130 valence electrons. The first-order chi connectivity index (χ1) is 11.3. The van der Waals surface area contributed by atoms with Crippen molar-refractivity contribution in [1.82, 2.24) is 10.4 Å². The molecule has 0 aromatic heterocycles. The van der Waals surface area contributed by atoms with E-state index >= 15 is 0 Å². The lowest BCUT2D eigenvalue weighted by Crippen LogP contribution is -2.55. The van der Waals surface area contributed by atoms with E-state index in [1.165, 1.54) is 0 Å². The molecule has 3 rings (SSSR count). The molecule has 2 amide bonds. The summed E-state index contributed by atoms with van der Waals surface area (Å²) in [5, 5.41) is 8.78. The van der Waals surface area contributed by atoms with Crippen LogP contribution >= 0.6 is 0 Å². The Balaban J connectivity index is 1.92. The number of benzene rings is 1. The molecule has 2 N–H and O–H groups in total. The Kier molecular flexibility index (Phi) is 4.03. The third-order valence-corrected chi connectivity index (χ3v) is 5.29. The molecule has 1 saturated carbocycles. The van der Waals surface area contributed by atoms with E-state index in [4.69, 9.17) is 9.94 Å². The topological polar surface area (TPSA) is 78.9 Å². The van der Waals surface area contributed by atoms with Crippen LogP contribution in [0.1, 0.15) is 56.0 Å². The first-order valence-corrected chi connectivity index (χ1v) is 8.29. The van der Waals surface area contributed by atoms with E-state index in [2.05, 4.69) is 0 Å². The predicted octanol–water partition coefficient (Wildman–Crippen LogP) is 2.50. The molecule has 1 aliphatic heterocycles. The van der Waals surface area contributed by atoms with Gasteiger partial charge in [-0.05, 0) is 38.8 Å². The summed E-state index contributed by atoms with van der Waals surface area (Å²) in [5.74, 6) is 0.172. The number of hydroxylamine groups is 1. The van der Waals surface area contributed by atoms with E-state index in [-0.39, 0.29) is 11.3 Å². The SMILES string of the molecule is CC1(C(=O)N2Cc3ccc(C(=O)NO)cc3OCC2(C)C)CCC1. The molecule has 1 aromatic carbocycles. The Morgan fingerprint density at radius 3 is 2.54 bits per heavy atom. The van der Waals surface area contributed by atoms with Gasteiger partial charge in [0, 0.05) is 23.1 Å². The van der Waals surface area contributed by atoms with Gasteiger partial charge in [-0.25, -0.2) is 5.48 Å². The van der Waals surface area contributed by atoms with E-state index in [0.29, 0.717) is 24.5 Å². The highest BCUT2D eigenvalue weighted by atomic mass is 16.5. The maximum Gasteiger partial charge on any atom is 0.274 e. The summed E-state index contributed by atoms with van der Waals surface area (Å²) in [7, 11) is 0. The Morgan fingerprint density at radius 1 is 1.25 bits per heavy atom. The molecule has 0 radical (unpaired) electrons. The van der Waals surface area contributed by atoms with Crippen molar-refractivity contribution in [2.75, 3.05) is 6.61 Å². The molecule has 24 heavy (non-hydrogen) atoms. The van der Waals surface area contributed by atoms with Gasteiger partial charge < -0.3 is 9.64 Å². The van der Waals surface area contributed by atoms with Gasteiger partial charge in [0.15, 0.2) is 0 Å². The Bertz CT molecular complexity index is 680. The van der Waals surface area contributed by atoms with Gasteiger partial charge in [-0.1, -0.05) is 19.4 Å². The average Bonchev–Trinajstić information content (AvgIpc) is 2.67. The Hall–Kier alpha value is -2.08. The summed E-state index contributed by atoms with van der Waals surface area (Å²) in [6, 6.07) is 5.01. The minimum Gasteiger partial charge on any atom is -0.491 e. The fourth-order valence-electron chi connectivity index (χ4n) is 3.34. The molecule has 2 aliphatic rings. The zero-order valence-corrected chi connectivity index (χ0v) is 14.4. The van der Waals surface area contributed by atoms with Gasteiger partial charge in [0.05, 0.1) is 5.54 Å². The highest BCUT2D eigenvalue weighted by molar-refractivity contribution is 5.94. The fraction of sp³-hybridized carbons (Fsp3) is 0.556. The van der Waals surface area contributed by atoms with Crippen LogP contribution in [0.5, 0.6) is 5.75 Å². The number of nitrogens with zero attached hydrogens (tertiary/aromatic N) is 1.